The minimum absolute atomic E-state index is 0.0438. The van der Waals surface area contributed by atoms with Gasteiger partial charge < -0.3 is 10.6 Å². The third kappa shape index (κ3) is 5.89. The minimum Gasteiger partial charge on any atom is -0.348 e. The van der Waals surface area contributed by atoms with E-state index in [2.05, 4.69) is 10.6 Å². The molecule has 1 aliphatic rings. The molecule has 1 unspecified atom stereocenters. The van der Waals surface area contributed by atoms with Crippen molar-refractivity contribution in [3.8, 4) is 0 Å². The first-order valence-electron chi connectivity index (χ1n) is 10.2. The summed E-state index contributed by atoms with van der Waals surface area (Å²) in [6.07, 6.45) is 2.65. The zero-order chi connectivity index (χ0) is 22.4. The first-order valence-corrected chi connectivity index (χ1v) is 11.6. The molecular formula is C22H26FN3O4S. The van der Waals surface area contributed by atoms with Gasteiger partial charge in [0.25, 0.3) is 0 Å². The molecule has 2 aromatic rings. The number of halogens is 1. The summed E-state index contributed by atoms with van der Waals surface area (Å²) < 4.78 is 40.6. The summed E-state index contributed by atoms with van der Waals surface area (Å²) in [4.78, 5) is 24.2. The largest absolute Gasteiger partial charge is 0.348 e. The van der Waals surface area contributed by atoms with Crippen LogP contribution in [0.1, 0.15) is 31.2 Å². The lowest BCUT2D eigenvalue weighted by atomic mass is 10.0. The van der Waals surface area contributed by atoms with Crippen molar-refractivity contribution in [2.75, 3.05) is 18.4 Å². The van der Waals surface area contributed by atoms with Gasteiger partial charge >= 0.3 is 11.8 Å². The van der Waals surface area contributed by atoms with Crippen molar-refractivity contribution in [3.63, 3.8) is 0 Å². The number of piperidine rings is 1. The van der Waals surface area contributed by atoms with Crippen LogP contribution in [0.25, 0.3) is 0 Å². The van der Waals surface area contributed by atoms with Gasteiger partial charge in [-0.05, 0) is 62.6 Å². The molecule has 2 amide bonds. The number of amides is 2. The second-order valence-electron chi connectivity index (χ2n) is 7.58. The molecule has 2 N–H and O–H groups in total. The van der Waals surface area contributed by atoms with Crippen LogP contribution in [0.2, 0.25) is 0 Å². The number of anilines is 1. The summed E-state index contributed by atoms with van der Waals surface area (Å²) in [7, 11) is -3.76. The highest BCUT2D eigenvalue weighted by Gasteiger charge is 2.33. The van der Waals surface area contributed by atoms with E-state index in [-0.39, 0.29) is 17.5 Å². The number of nitrogens with zero attached hydrogens (tertiary/aromatic N) is 1. The second-order valence-corrected chi connectivity index (χ2v) is 9.47. The minimum atomic E-state index is -3.76. The van der Waals surface area contributed by atoms with E-state index >= 15 is 0 Å². The van der Waals surface area contributed by atoms with Gasteiger partial charge in [-0.25, -0.2) is 12.8 Å². The second kappa shape index (κ2) is 10.0. The fraction of sp³-hybridized carbons (Fsp3) is 0.364. The Bertz CT molecular complexity index is 1020. The van der Waals surface area contributed by atoms with Crippen LogP contribution in [-0.2, 0) is 19.6 Å². The maximum Gasteiger partial charge on any atom is 0.313 e. The number of carbonyl (C=O) groups excluding carboxylic acids is 2. The molecule has 0 bridgehead atoms. The Morgan fingerprint density at radius 3 is 2.39 bits per heavy atom. The van der Waals surface area contributed by atoms with Crippen LogP contribution in [0.5, 0.6) is 0 Å². The van der Waals surface area contributed by atoms with Crippen LogP contribution < -0.4 is 10.6 Å². The maximum atomic E-state index is 13.2. The lowest BCUT2D eigenvalue weighted by Crippen LogP contribution is -2.45. The van der Waals surface area contributed by atoms with Crippen molar-refractivity contribution < 1.29 is 22.4 Å². The van der Waals surface area contributed by atoms with Crippen LogP contribution in [0.4, 0.5) is 10.1 Å². The molecule has 2 aromatic carbocycles. The molecule has 0 aromatic heterocycles. The van der Waals surface area contributed by atoms with Crippen molar-refractivity contribution >= 4 is 27.5 Å². The van der Waals surface area contributed by atoms with Crippen molar-refractivity contribution in [3.05, 3.63) is 59.9 Å². The molecule has 7 nitrogen and oxygen atoms in total. The molecule has 1 heterocycles. The SMILES string of the molecule is Cc1ccc(NC(=O)C(=O)NCCC2CCCCN2S(=O)(=O)c2ccc(F)cc2)cc1. The monoisotopic (exact) mass is 447 g/mol. The van der Waals surface area contributed by atoms with E-state index in [1.807, 2.05) is 19.1 Å². The standard InChI is InChI=1S/C22H26FN3O4S/c1-16-5-9-18(10-6-16)25-22(28)21(27)24-14-13-19-4-2-3-15-26(19)31(29,30)20-11-7-17(23)8-12-20/h5-12,19H,2-4,13-15H2,1H3,(H,24,27)(H,25,28). The molecule has 9 heteroatoms. The van der Waals surface area contributed by atoms with E-state index in [1.165, 1.54) is 16.4 Å². The summed E-state index contributed by atoms with van der Waals surface area (Å²) in [5, 5.41) is 5.09. The quantitative estimate of drug-likeness (QED) is 0.666. The van der Waals surface area contributed by atoms with E-state index in [1.54, 1.807) is 12.1 Å². The predicted octanol–water partition coefficient (Wildman–Crippen LogP) is 2.82. The number of nitrogens with one attached hydrogen (secondary N) is 2. The van der Waals surface area contributed by atoms with Crippen LogP contribution in [0.15, 0.2) is 53.4 Å². The lowest BCUT2D eigenvalue weighted by molar-refractivity contribution is -0.136. The van der Waals surface area contributed by atoms with E-state index < -0.39 is 27.7 Å². The Labute approximate surface area is 181 Å². The molecular weight excluding hydrogens is 421 g/mol. The van der Waals surface area contributed by atoms with Crippen LogP contribution in [0.3, 0.4) is 0 Å². The summed E-state index contributed by atoms with van der Waals surface area (Å²) in [6.45, 7) is 2.45. The maximum absolute atomic E-state index is 13.2. The number of aryl methyl sites for hydroxylation is 1. The van der Waals surface area contributed by atoms with Gasteiger partial charge in [-0.3, -0.25) is 9.59 Å². The molecule has 1 atom stereocenters. The Morgan fingerprint density at radius 2 is 1.71 bits per heavy atom. The van der Waals surface area contributed by atoms with Gasteiger partial charge in [0.05, 0.1) is 4.90 Å². The molecule has 1 aliphatic heterocycles. The molecule has 3 rings (SSSR count). The van der Waals surface area contributed by atoms with Gasteiger partial charge in [-0.2, -0.15) is 4.31 Å². The summed E-state index contributed by atoms with van der Waals surface area (Å²) in [5.41, 5.74) is 1.56. The van der Waals surface area contributed by atoms with E-state index in [9.17, 15) is 22.4 Å². The third-order valence-electron chi connectivity index (χ3n) is 5.27. The average Bonchev–Trinajstić information content (AvgIpc) is 2.76. The zero-order valence-electron chi connectivity index (χ0n) is 17.3. The Balaban J connectivity index is 1.56. The number of hydrogen-bond donors (Lipinski definition) is 2. The van der Waals surface area contributed by atoms with Crippen molar-refractivity contribution in [2.24, 2.45) is 0 Å². The van der Waals surface area contributed by atoms with Gasteiger partial charge in [0, 0.05) is 24.8 Å². The number of sulfonamides is 1. The number of carbonyl (C=O) groups is 2. The van der Waals surface area contributed by atoms with Gasteiger partial charge in [0.1, 0.15) is 5.82 Å². The normalized spacial score (nSPS) is 17.2. The topological polar surface area (TPSA) is 95.6 Å². The van der Waals surface area contributed by atoms with Crippen LogP contribution >= 0.6 is 0 Å². The number of benzene rings is 2. The molecule has 0 spiro atoms. The van der Waals surface area contributed by atoms with Gasteiger partial charge in [0.2, 0.25) is 10.0 Å². The number of hydrogen-bond acceptors (Lipinski definition) is 4. The highest BCUT2D eigenvalue weighted by atomic mass is 32.2. The fourth-order valence-electron chi connectivity index (χ4n) is 3.58. The Hall–Kier alpha value is -2.78. The molecule has 31 heavy (non-hydrogen) atoms. The summed E-state index contributed by atoms with van der Waals surface area (Å²) in [6, 6.07) is 11.5. The molecule has 166 valence electrons. The highest BCUT2D eigenvalue weighted by Crippen LogP contribution is 2.27. The fourth-order valence-corrected chi connectivity index (χ4v) is 5.30. The smallest absolute Gasteiger partial charge is 0.313 e. The molecule has 1 saturated heterocycles. The van der Waals surface area contributed by atoms with Crippen LogP contribution in [0, 0.1) is 12.7 Å². The average molecular weight is 448 g/mol. The third-order valence-corrected chi connectivity index (χ3v) is 7.24. The van der Waals surface area contributed by atoms with Crippen molar-refractivity contribution in [1.82, 2.24) is 9.62 Å². The predicted molar refractivity (Wildman–Crippen MR) is 115 cm³/mol. The van der Waals surface area contributed by atoms with Crippen molar-refractivity contribution in [2.45, 2.75) is 43.5 Å². The van der Waals surface area contributed by atoms with Gasteiger partial charge in [-0.15, -0.1) is 0 Å². The van der Waals surface area contributed by atoms with Crippen molar-refractivity contribution in [1.29, 1.82) is 0 Å². The Morgan fingerprint density at radius 1 is 1.03 bits per heavy atom. The summed E-state index contributed by atoms with van der Waals surface area (Å²) >= 11 is 0. The van der Waals surface area contributed by atoms with E-state index in [0.717, 1.165) is 30.5 Å². The molecule has 0 saturated carbocycles. The molecule has 1 fully saturated rings. The van der Waals surface area contributed by atoms with E-state index in [0.29, 0.717) is 25.1 Å². The van der Waals surface area contributed by atoms with Gasteiger partial charge in [0.15, 0.2) is 0 Å². The van der Waals surface area contributed by atoms with Gasteiger partial charge in [-0.1, -0.05) is 24.1 Å². The lowest BCUT2D eigenvalue weighted by Gasteiger charge is -2.34. The first-order chi connectivity index (χ1) is 14.8. The summed E-state index contributed by atoms with van der Waals surface area (Å²) in [5.74, 6) is -2.05. The number of rotatable bonds is 6. The first kappa shape index (κ1) is 22.9. The Kier molecular flexibility index (Phi) is 7.40. The molecule has 0 radical (unpaired) electrons. The van der Waals surface area contributed by atoms with E-state index in [4.69, 9.17) is 0 Å². The zero-order valence-corrected chi connectivity index (χ0v) is 18.1. The van der Waals surface area contributed by atoms with Crippen LogP contribution in [-0.4, -0.2) is 43.7 Å². The highest BCUT2D eigenvalue weighted by molar-refractivity contribution is 7.89. The molecule has 0 aliphatic carbocycles.